The van der Waals surface area contributed by atoms with Gasteiger partial charge in [-0.1, -0.05) is 18.7 Å². The molecule has 0 amide bonds. The summed E-state index contributed by atoms with van der Waals surface area (Å²) in [6, 6.07) is 3.16. The van der Waals surface area contributed by atoms with Gasteiger partial charge in [0.1, 0.15) is 5.75 Å². The molecule has 1 aromatic rings. The van der Waals surface area contributed by atoms with Crippen LogP contribution in [-0.4, -0.2) is 23.8 Å². The van der Waals surface area contributed by atoms with Crippen LogP contribution in [0.3, 0.4) is 0 Å². The average molecular weight is 208 g/mol. The first-order chi connectivity index (χ1) is 7.15. The zero-order valence-electron chi connectivity index (χ0n) is 8.70. The van der Waals surface area contributed by atoms with Crippen molar-refractivity contribution < 1.29 is 10.2 Å². The van der Waals surface area contributed by atoms with Crippen LogP contribution in [-0.2, 0) is 0 Å². The highest BCUT2D eigenvalue weighted by Crippen LogP contribution is 2.33. The summed E-state index contributed by atoms with van der Waals surface area (Å²) in [6.45, 7) is 3.79. The van der Waals surface area contributed by atoms with Crippen molar-refractivity contribution in [2.24, 2.45) is 5.73 Å². The van der Waals surface area contributed by atoms with E-state index in [1.54, 1.807) is 19.2 Å². The minimum Gasteiger partial charge on any atom is -0.506 e. The van der Waals surface area contributed by atoms with Gasteiger partial charge in [-0.05, 0) is 11.6 Å². The van der Waals surface area contributed by atoms with Gasteiger partial charge in [-0.3, -0.25) is 0 Å². The average Bonchev–Trinajstić information content (AvgIpc) is 2.27. The van der Waals surface area contributed by atoms with Crippen molar-refractivity contribution in [1.82, 2.24) is 0 Å². The minimum atomic E-state index is -0.745. The lowest BCUT2D eigenvalue weighted by Crippen LogP contribution is -2.13. The monoisotopic (exact) mass is 208 g/mol. The summed E-state index contributed by atoms with van der Waals surface area (Å²) in [5.74, 6) is 0.125. The van der Waals surface area contributed by atoms with Gasteiger partial charge < -0.3 is 21.3 Å². The Morgan fingerprint density at radius 2 is 2.27 bits per heavy atom. The van der Waals surface area contributed by atoms with Crippen LogP contribution in [0.2, 0.25) is 0 Å². The number of aliphatic hydroxyl groups is 1. The van der Waals surface area contributed by atoms with Crippen molar-refractivity contribution in [2.75, 3.05) is 18.9 Å². The summed E-state index contributed by atoms with van der Waals surface area (Å²) in [4.78, 5) is 0. The van der Waals surface area contributed by atoms with E-state index in [4.69, 9.17) is 5.73 Å². The summed E-state index contributed by atoms with van der Waals surface area (Å²) in [5.41, 5.74) is 7.28. The van der Waals surface area contributed by atoms with Crippen LogP contribution >= 0.6 is 0 Å². The molecule has 0 aliphatic heterocycles. The lowest BCUT2D eigenvalue weighted by Gasteiger charge is -2.16. The van der Waals surface area contributed by atoms with Crippen LogP contribution in [0.4, 0.5) is 5.69 Å². The highest BCUT2D eigenvalue weighted by molar-refractivity contribution is 5.74. The molecular formula is C11H16N2O2. The van der Waals surface area contributed by atoms with E-state index >= 15 is 0 Å². The van der Waals surface area contributed by atoms with Gasteiger partial charge in [0.2, 0.25) is 0 Å². The number of hydrogen-bond acceptors (Lipinski definition) is 4. The quantitative estimate of drug-likeness (QED) is 0.558. The van der Waals surface area contributed by atoms with Crippen molar-refractivity contribution in [1.29, 1.82) is 0 Å². The van der Waals surface area contributed by atoms with Crippen LogP contribution in [0.25, 0.3) is 6.08 Å². The number of hydrogen-bond donors (Lipinski definition) is 4. The maximum Gasteiger partial charge on any atom is 0.139 e. The zero-order valence-corrected chi connectivity index (χ0v) is 8.70. The predicted octanol–water partition coefficient (Wildman–Crippen LogP) is 1.07. The van der Waals surface area contributed by atoms with Crippen LogP contribution < -0.4 is 11.1 Å². The molecule has 0 fully saturated rings. The van der Waals surface area contributed by atoms with Crippen LogP contribution in [0, 0.1) is 0 Å². The maximum atomic E-state index is 9.67. The summed E-state index contributed by atoms with van der Waals surface area (Å²) < 4.78 is 0. The van der Waals surface area contributed by atoms with E-state index in [2.05, 4.69) is 11.9 Å². The smallest absolute Gasteiger partial charge is 0.139 e. The van der Waals surface area contributed by atoms with E-state index in [-0.39, 0.29) is 12.3 Å². The number of benzene rings is 1. The SMILES string of the molecule is C=Cc1c(C(O)CN)ccc(O)c1NC. The molecule has 0 saturated heterocycles. The molecule has 0 aliphatic rings. The predicted molar refractivity (Wildman–Crippen MR) is 61.8 cm³/mol. The topological polar surface area (TPSA) is 78.5 Å². The second-order valence-electron chi connectivity index (χ2n) is 3.17. The highest BCUT2D eigenvalue weighted by atomic mass is 16.3. The lowest BCUT2D eigenvalue weighted by molar-refractivity contribution is 0.186. The Morgan fingerprint density at radius 3 is 2.73 bits per heavy atom. The molecule has 0 aromatic heterocycles. The second-order valence-corrected chi connectivity index (χ2v) is 3.17. The fourth-order valence-electron chi connectivity index (χ4n) is 1.52. The third kappa shape index (κ3) is 2.11. The van der Waals surface area contributed by atoms with Crippen molar-refractivity contribution >= 4 is 11.8 Å². The maximum absolute atomic E-state index is 9.67. The van der Waals surface area contributed by atoms with Crippen molar-refractivity contribution in [3.05, 3.63) is 29.8 Å². The van der Waals surface area contributed by atoms with Crippen LogP contribution in [0.1, 0.15) is 17.2 Å². The summed E-state index contributed by atoms with van der Waals surface area (Å²) >= 11 is 0. The molecule has 0 aliphatic carbocycles. The fraction of sp³-hybridized carbons (Fsp3) is 0.273. The van der Waals surface area contributed by atoms with Gasteiger partial charge in [0, 0.05) is 19.2 Å². The van der Waals surface area contributed by atoms with Gasteiger partial charge in [-0.25, -0.2) is 0 Å². The standard InChI is InChI=1S/C11H16N2O2/c1-3-7-8(10(15)6-12)4-5-9(14)11(7)13-2/h3-5,10,13-15H,1,6,12H2,2H3. The first-order valence-corrected chi connectivity index (χ1v) is 4.69. The van der Waals surface area contributed by atoms with Crippen LogP contribution in [0.5, 0.6) is 5.75 Å². The molecule has 0 heterocycles. The van der Waals surface area contributed by atoms with Gasteiger partial charge in [0.15, 0.2) is 0 Å². The van der Waals surface area contributed by atoms with E-state index in [9.17, 15) is 10.2 Å². The summed E-state index contributed by atoms with van der Waals surface area (Å²) in [5, 5.41) is 22.1. The van der Waals surface area contributed by atoms with Crippen molar-refractivity contribution in [3.63, 3.8) is 0 Å². The molecule has 1 atom stereocenters. The number of nitrogens with one attached hydrogen (secondary N) is 1. The summed E-state index contributed by atoms with van der Waals surface area (Å²) in [6.07, 6.45) is 0.838. The molecule has 1 rings (SSSR count). The number of anilines is 1. The Hall–Kier alpha value is -1.52. The Bertz CT molecular complexity index is 364. The summed E-state index contributed by atoms with van der Waals surface area (Å²) in [7, 11) is 1.70. The molecule has 1 aromatic carbocycles. The van der Waals surface area contributed by atoms with Crippen molar-refractivity contribution in [3.8, 4) is 5.75 Å². The first kappa shape index (κ1) is 11.6. The number of phenols is 1. The van der Waals surface area contributed by atoms with Gasteiger partial charge in [-0.15, -0.1) is 0 Å². The number of aliphatic hydroxyl groups excluding tert-OH is 1. The molecule has 1 unspecified atom stereocenters. The third-order valence-corrected chi connectivity index (χ3v) is 2.29. The van der Waals surface area contributed by atoms with E-state index in [1.807, 2.05) is 0 Å². The van der Waals surface area contributed by atoms with Crippen molar-refractivity contribution in [2.45, 2.75) is 6.10 Å². The van der Waals surface area contributed by atoms with Gasteiger partial charge in [0.05, 0.1) is 11.8 Å². The lowest BCUT2D eigenvalue weighted by atomic mass is 9.99. The second kappa shape index (κ2) is 4.82. The van der Waals surface area contributed by atoms with Gasteiger partial charge >= 0.3 is 0 Å². The molecule has 15 heavy (non-hydrogen) atoms. The largest absolute Gasteiger partial charge is 0.506 e. The van der Waals surface area contributed by atoms with E-state index in [0.29, 0.717) is 16.8 Å². The normalized spacial score (nSPS) is 12.2. The van der Waals surface area contributed by atoms with Gasteiger partial charge in [0.25, 0.3) is 0 Å². The highest BCUT2D eigenvalue weighted by Gasteiger charge is 2.14. The van der Waals surface area contributed by atoms with Crippen LogP contribution in [0.15, 0.2) is 18.7 Å². The molecule has 5 N–H and O–H groups in total. The molecule has 0 spiro atoms. The third-order valence-electron chi connectivity index (χ3n) is 2.29. The Kier molecular flexibility index (Phi) is 3.71. The number of aromatic hydroxyl groups is 1. The number of phenolic OH excluding ortho intramolecular Hbond substituents is 1. The molecule has 0 radical (unpaired) electrons. The van der Waals surface area contributed by atoms with Gasteiger partial charge in [-0.2, -0.15) is 0 Å². The number of rotatable bonds is 4. The fourth-order valence-corrected chi connectivity index (χ4v) is 1.52. The molecule has 0 saturated carbocycles. The Balaban J connectivity index is 3.34. The molecule has 4 nitrogen and oxygen atoms in total. The zero-order chi connectivity index (χ0) is 11.4. The van der Waals surface area contributed by atoms with E-state index in [1.165, 1.54) is 6.07 Å². The molecular weight excluding hydrogens is 192 g/mol. The van der Waals surface area contributed by atoms with E-state index in [0.717, 1.165) is 0 Å². The Morgan fingerprint density at radius 1 is 1.60 bits per heavy atom. The van der Waals surface area contributed by atoms with E-state index < -0.39 is 6.10 Å². The first-order valence-electron chi connectivity index (χ1n) is 4.69. The molecule has 4 heteroatoms. The molecule has 82 valence electrons. The minimum absolute atomic E-state index is 0.125. The molecule has 0 bridgehead atoms. The Labute approximate surface area is 89.0 Å². The number of nitrogens with two attached hydrogens (primary N) is 1.